The first-order valence-corrected chi connectivity index (χ1v) is 5.88. The van der Waals surface area contributed by atoms with Gasteiger partial charge in [0.25, 0.3) is 0 Å². The van der Waals surface area contributed by atoms with Gasteiger partial charge in [0.1, 0.15) is 0 Å². The highest BCUT2D eigenvalue weighted by Crippen LogP contribution is 2.33. The molecule has 2 rings (SSSR count). The molecule has 2 unspecified atom stereocenters. The smallest absolute Gasteiger partial charge is 0.0876 e. The lowest BCUT2D eigenvalue weighted by atomic mass is 9.86. The van der Waals surface area contributed by atoms with E-state index in [0.29, 0.717) is 6.04 Å². The Hall–Kier alpha value is -0.540. The molecular formula is C12H21NO2. The molecule has 15 heavy (non-hydrogen) atoms. The number of ether oxygens (including phenoxy) is 2. The molecule has 0 aliphatic carbocycles. The third-order valence-electron chi connectivity index (χ3n) is 3.48. The zero-order chi connectivity index (χ0) is 10.7. The average Bonchev–Trinajstić information content (AvgIpc) is 2.68. The van der Waals surface area contributed by atoms with Crippen molar-refractivity contribution in [3.8, 4) is 0 Å². The Bertz CT molecular complexity index is 244. The number of nitrogens with one attached hydrogen (secondary N) is 1. The highest BCUT2D eigenvalue weighted by molar-refractivity contribution is 5.17. The molecule has 0 aromatic rings. The number of rotatable bonds is 3. The highest BCUT2D eigenvalue weighted by Gasteiger charge is 2.39. The minimum atomic E-state index is -0.0404. The number of hydrogen-bond acceptors (Lipinski definition) is 3. The van der Waals surface area contributed by atoms with Crippen molar-refractivity contribution < 1.29 is 9.47 Å². The van der Waals surface area contributed by atoms with Crippen molar-refractivity contribution in [3.05, 3.63) is 11.8 Å². The van der Waals surface area contributed by atoms with Crippen LogP contribution in [0.1, 0.15) is 32.6 Å². The first-order chi connectivity index (χ1) is 7.26. The predicted octanol–water partition coefficient (Wildman–Crippen LogP) is 1.84. The summed E-state index contributed by atoms with van der Waals surface area (Å²) in [5, 5.41) is 3.38. The normalized spacial score (nSPS) is 33.3. The zero-order valence-corrected chi connectivity index (χ0v) is 9.71. The van der Waals surface area contributed by atoms with E-state index in [-0.39, 0.29) is 5.60 Å². The molecule has 86 valence electrons. The van der Waals surface area contributed by atoms with Gasteiger partial charge in [0.15, 0.2) is 0 Å². The summed E-state index contributed by atoms with van der Waals surface area (Å²) in [5.41, 5.74) is 1.31. The third-order valence-corrected chi connectivity index (χ3v) is 3.48. The van der Waals surface area contributed by atoms with Crippen molar-refractivity contribution in [2.45, 2.75) is 44.2 Å². The molecule has 2 atom stereocenters. The van der Waals surface area contributed by atoms with Crippen molar-refractivity contribution in [3.63, 3.8) is 0 Å². The van der Waals surface area contributed by atoms with Crippen LogP contribution < -0.4 is 5.32 Å². The van der Waals surface area contributed by atoms with Gasteiger partial charge in [-0.1, -0.05) is 0 Å². The Labute approximate surface area is 91.8 Å². The second-order valence-corrected chi connectivity index (χ2v) is 4.65. The molecule has 1 N–H and O–H groups in total. The summed E-state index contributed by atoms with van der Waals surface area (Å²) in [7, 11) is 2.01. The maximum Gasteiger partial charge on any atom is 0.0876 e. The van der Waals surface area contributed by atoms with Crippen molar-refractivity contribution in [2.75, 3.05) is 20.3 Å². The van der Waals surface area contributed by atoms with Gasteiger partial charge >= 0.3 is 0 Å². The molecular weight excluding hydrogens is 190 g/mol. The van der Waals surface area contributed by atoms with Gasteiger partial charge in [0.05, 0.1) is 24.5 Å². The van der Waals surface area contributed by atoms with Crippen LogP contribution in [0, 0.1) is 0 Å². The van der Waals surface area contributed by atoms with Crippen LogP contribution in [-0.2, 0) is 9.47 Å². The first-order valence-electron chi connectivity index (χ1n) is 5.88. The van der Waals surface area contributed by atoms with Crippen LogP contribution in [0.5, 0.6) is 0 Å². The van der Waals surface area contributed by atoms with E-state index < -0.39 is 0 Å². The fraction of sp³-hybridized carbons (Fsp3) is 0.833. The minimum Gasteiger partial charge on any atom is -0.501 e. The van der Waals surface area contributed by atoms with Crippen LogP contribution in [0.2, 0.25) is 0 Å². The Morgan fingerprint density at radius 3 is 2.80 bits per heavy atom. The van der Waals surface area contributed by atoms with Gasteiger partial charge in [0, 0.05) is 6.61 Å². The second kappa shape index (κ2) is 4.54. The van der Waals surface area contributed by atoms with Crippen molar-refractivity contribution >= 4 is 0 Å². The van der Waals surface area contributed by atoms with Crippen LogP contribution in [0.15, 0.2) is 11.8 Å². The molecule has 3 nitrogen and oxygen atoms in total. The van der Waals surface area contributed by atoms with E-state index in [9.17, 15) is 0 Å². The number of hydrogen-bond donors (Lipinski definition) is 1. The van der Waals surface area contributed by atoms with Crippen molar-refractivity contribution in [1.29, 1.82) is 0 Å². The lowest BCUT2D eigenvalue weighted by molar-refractivity contribution is -0.00265. The van der Waals surface area contributed by atoms with E-state index in [1.54, 1.807) is 0 Å². The summed E-state index contributed by atoms with van der Waals surface area (Å²) < 4.78 is 11.3. The van der Waals surface area contributed by atoms with Gasteiger partial charge < -0.3 is 14.8 Å². The molecule has 0 spiro atoms. The van der Waals surface area contributed by atoms with Crippen molar-refractivity contribution in [1.82, 2.24) is 5.32 Å². The molecule has 3 heteroatoms. The molecule has 1 fully saturated rings. The SMILES string of the molecule is CNC(C1=COCCC1)C1(C)CCCO1. The quantitative estimate of drug-likeness (QED) is 0.772. The van der Waals surface area contributed by atoms with E-state index in [2.05, 4.69) is 12.2 Å². The largest absolute Gasteiger partial charge is 0.501 e. The fourth-order valence-electron chi connectivity index (χ4n) is 2.71. The lowest BCUT2D eigenvalue weighted by Gasteiger charge is -2.35. The zero-order valence-electron chi connectivity index (χ0n) is 9.71. The second-order valence-electron chi connectivity index (χ2n) is 4.65. The molecule has 2 heterocycles. The molecule has 0 radical (unpaired) electrons. The first kappa shape index (κ1) is 11.0. The summed E-state index contributed by atoms with van der Waals surface area (Å²) in [5.74, 6) is 0. The molecule has 0 saturated carbocycles. The summed E-state index contributed by atoms with van der Waals surface area (Å²) in [6.45, 7) is 3.96. The maximum atomic E-state index is 5.89. The van der Waals surface area contributed by atoms with Crippen LogP contribution in [0.3, 0.4) is 0 Å². The molecule has 0 amide bonds. The van der Waals surface area contributed by atoms with E-state index in [1.165, 1.54) is 12.0 Å². The Balaban J connectivity index is 2.11. The minimum absolute atomic E-state index is 0.0404. The topological polar surface area (TPSA) is 30.5 Å². The average molecular weight is 211 g/mol. The van der Waals surface area contributed by atoms with E-state index in [0.717, 1.165) is 32.5 Å². The Kier molecular flexibility index (Phi) is 3.32. The van der Waals surface area contributed by atoms with E-state index >= 15 is 0 Å². The van der Waals surface area contributed by atoms with Crippen LogP contribution >= 0.6 is 0 Å². The maximum absolute atomic E-state index is 5.89. The molecule has 2 aliphatic rings. The van der Waals surface area contributed by atoms with Crippen LogP contribution in [-0.4, -0.2) is 31.9 Å². The van der Waals surface area contributed by atoms with Gasteiger partial charge in [-0.2, -0.15) is 0 Å². The monoisotopic (exact) mass is 211 g/mol. The standard InChI is InChI=1S/C12H21NO2/c1-12(6-4-8-15-12)11(13-2)10-5-3-7-14-9-10/h9,11,13H,3-8H2,1-2H3. The van der Waals surface area contributed by atoms with E-state index in [1.807, 2.05) is 13.3 Å². The molecule has 0 bridgehead atoms. The highest BCUT2D eigenvalue weighted by atomic mass is 16.5. The van der Waals surface area contributed by atoms with Crippen molar-refractivity contribution in [2.24, 2.45) is 0 Å². The van der Waals surface area contributed by atoms with Gasteiger partial charge in [-0.3, -0.25) is 0 Å². The van der Waals surface area contributed by atoms with Gasteiger partial charge in [0.2, 0.25) is 0 Å². The third kappa shape index (κ3) is 2.18. The summed E-state index contributed by atoms with van der Waals surface area (Å²) in [6.07, 6.45) is 6.49. The van der Waals surface area contributed by atoms with Crippen LogP contribution in [0.4, 0.5) is 0 Å². The number of likely N-dealkylation sites (N-methyl/N-ethyl adjacent to an activating group) is 1. The molecule has 2 aliphatic heterocycles. The Morgan fingerprint density at radius 2 is 2.27 bits per heavy atom. The van der Waals surface area contributed by atoms with Gasteiger partial charge in [-0.15, -0.1) is 0 Å². The summed E-state index contributed by atoms with van der Waals surface area (Å²) in [6, 6.07) is 0.306. The summed E-state index contributed by atoms with van der Waals surface area (Å²) >= 11 is 0. The lowest BCUT2D eigenvalue weighted by Crippen LogP contribution is -2.48. The van der Waals surface area contributed by atoms with Gasteiger partial charge in [-0.25, -0.2) is 0 Å². The van der Waals surface area contributed by atoms with E-state index in [4.69, 9.17) is 9.47 Å². The Morgan fingerprint density at radius 1 is 1.40 bits per heavy atom. The van der Waals surface area contributed by atoms with Gasteiger partial charge in [-0.05, 0) is 45.2 Å². The van der Waals surface area contributed by atoms with Crippen LogP contribution in [0.25, 0.3) is 0 Å². The molecule has 0 aromatic carbocycles. The molecule has 0 aromatic heterocycles. The predicted molar refractivity (Wildman–Crippen MR) is 59.7 cm³/mol. The molecule has 1 saturated heterocycles. The summed E-state index contributed by atoms with van der Waals surface area (Å²) in [4.78, 5) is 0. The fourth-order valence-corrected chi connectivity index (χ4v) is 2.71.